The number of aromatic amines is 1. The molecule has 3 aromatic rings. The van der Waals surface area contributed by atoms with Crippen molar-refractivity contribution in [3.8, 4) is 0 Å². The minimum absolute atomic E-state index is 0.126. The van der Waals surface area contributed by atoms with Gasteiger partial charge in [0.1, 0.15) is 5.82 Å². The highest BCUT2D eigenvalue weighted by atomic mass is 32.2. The van der Waals surface area contributed by atoms with Crippen LogP contribution in [0.5, 0.6) is 0 Å². The van der Waals surface area contributed by atoms with Crippen LogP contribution in [0, 0.1) is 6.92 Å². The highest BCUT2D eigenvalue weighted by Crippen LogP contribution is 2.25. The number of nitrogens with one attached hydrogen (secondary N) is 1. The Bertz CT molecular complexity index is 1050. The molecule has 0 saturated carbocycles. The quantitative estimate of drug-likeness (QED) is 0.742. The summed E-state index contributed by atoms with van der Waals surface area (Å²) in [7, 11) is -3.26. The van der Waals surface area contributed by atoms with E-state index in [4.69, 9.17) is 0 Å². The molecular weight excluding hydrogens is 362 g/mol. The van der Waals surface area contributed by atoms with Crippen LogP contribution in [0.2, 0.25) is 0 Å². The van der Waals surface area contributed by atoms with E-state index in [1.165, 1.54) is 6.26 Å². The number of sulfonamides is 1. The first kappa shape index (κ1) is 17.9. The lowest BCUT2D eigenvalue weighted by Crippen LogP contribution is -2.56. The molecule has 1 N–H and O–H groups in total. The maximum absolute atomic E-state index is 12.3. The van der Waals surface area contributed by atoms with E-state index in [1.807, 2.05) is 43.3 Å². The van der Waals surface area contributed by atoms with Crippen LogP contribution in [0.15, 0.2) is 42.6 Å². The summed E-state index contributed by atoms with van der Waals surface area (Å²) in [6.07, 6.45) is 3.76. The summed E-state index contributed by atoms with van der Waals surface area (Å²) in [4.78, 5) is 6.73. The number of aryl methyl sites for hydroxylation is 1. The van der Waals surface area contributed by atoms with Gasteiger partial charge in [-0.15, -0.1) is 0 Å². The number of nitrogens with zero attached hydrogens (tertiary/aromatic N) is 4. The van der Waals surface area contributed by atoms with Crippen molar-refractivity contribution in [2.24, 2.45) is 0 Å². The SMILES string of the molecule is Cc1n[nH]c2cnc(N3CCN(S(C)(=O)=O)[C@H](Cc4ccccc4)C3)cc12. The van der Waals surface area contributed by atoms with Gasteiger partial charge in [-0.05, 0) is 25.0 Å². The highest BCUT2D eigenvalue weighted by molar-refractivity contribution is 7.88. The molecule has 8 heteroatoms. The van der Waals surface area contributed by atoms with Crippen LogP contribution < -0.4 is 4.90 Å². The van der Waals surface area contributed by atoms with Gasteiger partial charge in [0.15, 0.2) is 0 Å². The molecule has 0 bridgehead atoms. The van der Waals surface area contributed by atoms with Gasteiger partial charge in [0.05, 0.1) is 23.7 Å². The Morgan fingerprint density at radius 2 is 2.00 bits per heavy atom. The predicted octanol–water partition coefficient (Wildman–Crippen LogP) is 1.96. The Kier molecular flexibility index (Phi) is 4.61. The Morgan fingerprint density at radius 3 is 2.74 bits per heavy atom. The van der Waals surface area contributed by atoms with Gasteiger partial charge < -0.3 is 4.90 Å². The van der Waals surface area contributed by atoms with Crippen molar-refractivity contribution in [1.29, 1.82) is 0 Å². The van der Waals surface area contributed by atoms with Gasteiger partial charge in [-0.3, -0.25) is 5.10 Å². The van der Waals surface area contributed by atoms with Crippen molar-refractivity contribution >= 4 is 26.7 Å². The largest absolute Gasteiger partial charge is 0.354 e. The molecule has 0 radical (unpaired) electrons. The maximum Gasteiger partial charge on any atom is 0.211 e. The lowest BCUT2D eigenvalue weighted by molar-refractivity contribution is 0.289. The molecule has 142 valence electrons. The molecule has 0 amide bonds. The van der Waals surface area contributed by atoms with Crippen LogP contribution in [-0.2, 0) is 16.4 Å². The van der Waals surface area contributed by atoms with Crippen molar-refractivity contribution in [1.82, 2.24) is 19.5 Å². The average Bonchev–Trinajstić information content (AvgIpc) is 3.02. The minimum Gasteiger partial charge on any atom is -0.354 e. The second-order valence-corrected chi connectivity index (χ2v) is 9.00. The molecule has 0 spiro atoms. The molecule has 1 atom stereocenters. The normalized spacial score (nSPS) is 18.9. The van der Waals surface area contributed by atoms with Crippen molar-refractivity contribution in [3.05, 3.63) is 53.9 Å². The Labute approximate surface area is 159 Å². The molecular formula is C19H23N5O2S. The Hall–Kier alpha value is -2.45. The first-order chi connectivity index (χ1) is 12.9. The minimum atomic E-state index is -3.26. The summed E-state index contributed by atoms with van der Waals surface area (Å²) in [5.41, 5.74) is 2.98. The molecule has 2 aromatic heterocycles. The van der Waals surface area contributed by atoms with E-state index in [1.54, 1.807) is 10.5 Å². The number of rotatable bonds is 4. The highest BCUT2D eigenvalue weighted by Gasteiger charge is 2.33. The topological polar surface area (TPSA) is 82.2 Å². The lowest BCUT2D eigenvalue weighted by Gasteiger charge is -2.40. The third-order valence-corrected chi connectivity index (χ3v) is 6.45. The van der Waals surface area contributed by atoms with E-state index in [-0.39, 0.29) is 6.04 Å². The second kappa shape index (κ2) is 6.94. The molecule has 1 aliphatic heterocycles. The van der Waals surface area contributed by atoms with Crippen molar-refractivity contribution in [2.45, 2.75) is 19.4 Å². The smallest absolute Gasteiger partial charge is 0.211 e. The fourth-order valence-electron chi connectivity index (χ4n) is 3.75. The summed E-state index contributed by atoms with van der Waals surface area (Å²) in [6.45, 7) is 3.65. The summed E-state index contributed by atoms with van der Waals surface area (Å²) < 4.78 is 26.2. The molecule has 0 unspecified atom stereocenters. The molecule has 7 nitrogen and oxygen atoms in total. The van der Waals surface area contributed by atoms with Crippen LogP contribution >= 0.6 is 0 Å². The zero-order chi connectivity index (χ0) is 19.0. The van der Waals surface area contributed by atoms with Gasteiger partial charge in [-0.2, -0.15) is 9.40 Å². The van der Waals surface area contributed by atoms with E-state index in [2.05, 4.69) is 20.1 Å². The predicted molar refractivity (Wildman–Crippen MR) is 106 cm³/mol. The monoisotopic (exact) mass is 385 g/mol. The first-order valence-corrected chi connectivity index (χ1v) is 10.8. The van der Waals surface area contributed by atoms with Crippen LogP contribution in [-0.4, -0.2) is 59.8 Å². The molecule has 1 aliphatic rings. The van der Waals surface area contributed by atoms with Crippen molar-refractivity contribution < 1.29 is 8.42 Å². The standard InChI is InChI=1S/C19H23N5O2S/c1-14-17-11-19(20-12-18(17)22-21-14)23-8-9-24(27(2,25)26)16(13-23)10-15-6-4-3-5-7-15/h3-7,11-12,16H,8-10,13H2,1-2H3,(H,21,22)/t16-/m1/s1. The molecule has 1 aromatic carbocycles. The van der Waals surface area contributed by atoms with Gasteiger partial charge in [-0.25, -0.2) is 13.4 Å². The molecule has 27 heavy (non-hydrogen) atoms. The van der Waals surface area contributed by atoms with E-state index >= 15 is 0 Å². The molecule has 3 heterocycles. The number of anilines is 1. The van der Waals surface area contributed by atoms with Crippen LogP contribution in [0.1, 0.15) is 11.3 Å². The number of pyridine rings is 1. The third kappa shape index (κ3) is 3.68. The lowest BCUT2D eigenvalue weighted by atomic mass is 10.0. The number of benzene rings is 1. The average molecular weight is 385 g/mol. The molecule has 1 saturated heterocycles. The van der Waals surface area contributed by atoms with Crippen LogP contribution in [0.3, 0.4) is 0 Å². The number of fused-ring (bicyclic) bond motifs is 1. The third-order valence-electron chi connectivity index (χ3n) is 5.12. The van der Waals surface area contributed by atoms with E-state index < -0.39 is 10.0 Å². The number of hydrogen-bond donors (Lipinski definition) is 1. The van der Waals surface area contributed by atoms with Crippen molar-refractivity contribution in [2.75, 3.05) is 30.8 Å². The summed E-state index contributed by atoms with van der Waals surface area (Å²) in [6, 6.07) is 11.9. The number of aromatic nitrogens is 3. The van der Waals surface area contributed by atoms with Gasteiger partial charge in [0.25, 0.3) is 0 Å². The summed E-state index contributed by atoms with van der Waals surface area (Å²) in [5, 5.41) is 8.24. The van der Waals surface area contributed by atoms with Crippen LogP contribution in [0.4, 0.5) is 5.82 Å². The zero-order valence-corrected chi connectivity index (χ0v) is 16.3. The van der Waals surface area contributed by atoms with Gasteiger partial charge in [0, 0.05) is 31.1 Å². The van der Waals surface area contributed by atoms with Gasteiger partial charge in [0.2, 0.25) is 10.0 Å². The van der Waals surface area contributed by atoms with E-state index in [9.17, 15) is 8.42 Å². The fourth-order valence-corrected chi connectivity index (χ4v) is 4.84. The fraction of sp³-hybridized carbons (Fsp3) is 0.368. The summed E-state index contributed by atoms with van der Waals surface area (Å²) in [5.74, 6) is 0.859. The van der Waals surface area contributed by atoms with Gasteiger partial charge in [-0.1, -0.05) is 30.3 Å². The van der Waals surface area contributed by atoms with Crippen LogP contribution in [0.25, 0.3) is 10.9 Å². The van der Waals surface area contributed by atoms with Gasteiger partial charge >= 0.3 is 0 Å². The van der Waals surface area contributed by atoms with Crippen molar-refractivity contribution in [3.63, 3.8) is 0 Å². The first-order valence-electron chi connectivity index (χ1n) is 8.98. The number of hydrogen-bond acceptors (Lipinski definition) is 5. The van der Waals surface area contributed by atoms with E-state index in [0.717, 1.165) is 28.0 Å². The zero-order valence-electron chi connectivity index (χ0n) is 15.5. The molecule has 1 fully saturated rings. The maximum atomic E-state index is 12.3. The summed E-state index contributed by atoms with van der Waals surface area (Å²) >= 11 is 0. The second-order valence-electron chi connectivity index (χ2n) is 7.06. The molecule has 0 aliphatic carbocycles. The Morgan fingerprint density at radius 1 is 1.22 bits per heavy atom. The number of H-pyrrole nitrogens is 1. The Balaban J connectivity index is 1.62. The molecule has 4 rings (SSSR count). The number of piperazine rings is 1. The van der Waals surface area contributed by atoms with E-state index in [0.29, 0.717) is 26.1 Å².